The normalized spacial score (nSPS) is 18.4. The maximum atomic E-state index is 6.83. The Balaban J connectivity index is 0.979. The Morgan fingerprint density at radius 2 is 1.03 bits per heavy atom. The summed E-state index contributed by atoms with van der Waals surface area (Å²) in [6.45, 7) is 4.60. The third-order valence-corrected chi connectivity index (χ3v) is 14.0. The Kier molecular flexibility index (Phi) is 10.4. The zero-order valence-electron chi connectivity index (χ0n) is 36.3. The summed E-state index contributed by atoms with van der Waals surface area (Å²) in [7, 11) is 0. The van der Waals surface area contributed by atoms with Crippen molar-refractivity contribution in [2.45, 2.75) is 52.4 Å². The first-order valence-corrected chi connectivity index (χ1v) is 23.0. The molecule has 2 aliphatic carbocycles. The molecule has 3 heteroatoms. The van der Waals surface area contributed by atoms with Crippen molar-refractivity contribution in [2.75, 3.05) is 4.90 Å². The van der Waals surface area contributed by atoms with Crippen LogP contribution in [-0.2, 0) is 6.42 Å². The van der Waals surface area contributed by atoms with E-state index in [1.54, 1.807) is 0 Å². The molecule has 11 rings (SSSR count). The van der Waals surface area contributed by atoms with Crippen molar-refractivity contribution >= 4 is 38.9 Å². The van der Waals surface area contributed by atoms with Gasteiger partial charge in [0.1, 0.15) is 11.5 Å². The van der Waals surface area contributed by atoms with E-state index in [1.807, 2.05) is 0 Å². The quantitative estimate of drug-likeness (QED) is 0.137. The molecule has 4 atom stereocenters. The lowest BCUT2D eigenvalue weighted by atomic mass is 9.64. The second kappa shape index (κ2) is 16.8. The van der Waals surface area contributed by atoms with Gasteiger partial charge in [-0.15, -0.1) is 0 Å². The van der Waals surface area contributed by atoms with Gasteiger partial charge >= 0.3 is 0 Å². The monoisotopic (exact) mass is 818 g/mol. The second-order valence-corrected chi connectivity index (χ2v) is 18.5. The van der Waals surface area contributed by atoms with Crippen molar-refractivity contribution in [1.29, 1.82) is 0 Å². The number of ether oxygens (including phenoxy) is 1. The number of hydrogen-bond acceptors (Lipinski definition) is 2. The van der Waals surface area contributed by atoms with E-state index >= 15 is 0 Å². The number of rotatable bonds is 10. The summed E-state index contributed by atoms with van der Waals surface area (Å²) in [6, 6.07) is 70.6. The molecule has 63 heavy (non-hydrogen) atoms. The average molecular weight is 819 g/mol. The molecular formula is C60H54N2O. The highest BCUT2D eigenvalue weighted by Crippen LogP contribution is 2.47. The lowest BCUT2D eigenvalue weighted by molar-refractivity contribution is 0.103. The van der Waals surface area contributed by atoms with Crippen molar-refractivity contribution in [3.05, 3.63) is 205 Å². The largest absolute Gasteiger partial charge is 0.457 e. The fraction of sp³-hybridized carbons (Fsp3) is 0.200. The highest BCUT2D eigenvalue weighted by atomic mass is 16.5. The molecule has 1 aromatic heterocycles. The molecule has 2 fully saturated rings. The zero-order valence-corrected chi connectivity index (χ0v) is 36.3. The molecule has 0 spiro atoms. The lowest BCUT2D eigenvalue weighted by Crippen LogP contribution is -2.31. The molecular weight excluding hydrogens is 765 g/mol. The van der Waals surface area contributed by atoms with Crippen LogP contribution in [0.1, 0.15) is 50.2 Å². The van der Waals surface area contributed by atoms with Crippen molar-refractivity contribution in [2.24, 2.45) is 23.7 Å². The van der Waals surface area contributed by atoms with Gasteiger partial charge in [0, 0.05) is 33.5 Å². The lowest BCUT2D eigenvalue weighted by Gasteiger charge is -2.42. The summed E-state index contributed by atoms with van der Waals surface area (Å²) in [6.07, 6.45) is 7.84. The molecule has 310 valence electrons. The van der Waals surface area contributed by atoms with E-state index in [0.29, 0.717) is 5.92 Å². The maximum absolute atomic E-state index is 6.83. The van der Waals surface area contributed by atoms with E-state index in [1.165, 1.54) is 81.7 Å². The maximum Gasteiger partial charge on any atom is 0.130 e. The average Bonchev–Trinajstić information content (AvgIpc) is 3.65. The Morgan fingerprint density at radius 3 is 1.70 bits per heavy atom. The van der Waals surface area contributed by atoms with Crippen LogP contribution in [0, 0.1) is 30.6 Å². The summed E-state index contributed by atoms with van der Waals surface area (Å²) in [5.41, 5.74) is 14.2. The van der Waals surface area contributed by atoms with Gasteiger partial charge in [-0.1, -0.05) is 128 Å². The van der Waals surface area contributed by atoms with Gasteiger partial charge in [-0.2, -0.15) is 0 Å². The van der Waals surface area contributed by atoms with Crippen LogP contribution in [0.3, 0.4) is 0 Å². The minimum Gasteiger partial charge on any atom is -0.457 e. The van der Waals surface area contributed by atoms with Crippen LogP contribution >= 0.6 is 0 Å². The Labute approximate surface area is 372 Å². The fourth-order valence-corrected chi connectivity index (χ4v) is 11.3. The fourth-order valence-electron chi connectivity index (χ4n) is 11.3. The first-order valence-electron chi connectivity index (χ1n) is 23.0. The van der Waals surface area contributed by atoms with Gasteiger partial charge in [0.2, 0.25) is 0 Å². The van der Waals surface area contributed by atoms with Crippen molar-refractivity contribution < 1.29 is 4.74 Å². The molecule has 8 aromatic carbocycles. The third-order valence-electron chi connectivity index (χ3n) is 14.0. The van der Waals surface area contributed by atoms with E-state index in [2.05, 4.69) is 217 Å². The van der Waals surface area contributed by atoms with Gasteiger partial charge in [-0.25, -0.2) is 0 Å². The second-order valence-electron chi connectivity index (χ2n) is 18.5. The number of fused-ring (bicyclic) bond motifs is 5. The molecule has 0 amide bonds. The number of benzene rings is 8. The first-order chi connectivity index (χ1) is 31.0. The Hall–Kier alpha value is -6.84. The van der Waals surface area contributed by atoms with Crippen molar-refractivity contribution in [3.63, 3.8) is 0 Å². The molecule has 0 N–H and O–H groups in total. The number of aromatic nitrogens is 1. The standard InChI is InChI=1S/C60H54N2O/c1-41-33-43-35-44(34-41)37-45(36-43)38-50-40-54(31-32-60(50)63-59-22-11-6-13-42(59)2)61(51-27-23-47(24-28-51)46-14-4-3-5-15-46)52-29-25-48(26-30-52)49-16-12-17-53(39-49)62-57-20-9-7-18-55(57)56-19-8-10-21-58(56)62/h3-32,39-41,43-45H,33-38H2,1-2H3/t41?,43-,44+,45?. The van der Waals surface area contributed by atoms with E-state index in [9.17, 15) is 0 Å². The molecule has 2 bridgehead atoms. The van der Waals surface area contributed by atoms with Crippen LogP contribution in [0.25, 0.3) is 49.7 Å². The molecule has 1 heterocycles. The summed E-state index contributed by atoms with van der Waals surface area (Å²) in [5.74, 6) is 5.11. The molecule has 0 saturated heterocycles. The van der Waals surface area contributed by atoms with Crippen molar-refractivity contribution in [3.8, 4) is 39.4 Å². The SMILES string of the molecule is Cc1ccccc1Oc1ccc(N(c2ccc(-c3ccccc3)cc2)c2ccc(-c3cccc(-n4c5ccccc5c5ccccc54)c3)cc2)cc1CC1C[C@H]2CC(C)C[C@@H](C1)C2. The van der Waals surface area contributed by atoms with Crippen LogP contribution in [0.2, 0.25) is 0 Å². The summed E-state index contributed by atoms with van der Waals surface area (Å²) in [4.78, 5) is 2.42. The smallest absolute Gasteiger partial charge is 0.130 e. The number of nitrogens with zero attached hydrogens (tertiary/aromatic N) is 2. The van der Waals surface area contributed by atoms with E-state index in [-0.39, 0.29) is 0 Å². The van der Waals surface area contributed by atoms with Gasteiger partial charge in [0.05, 0.1) is 11.0 Å². The van der Waals surface area contributed by atoms with Gasteiger partial charge in [0.15, 0.2) is 0 Å². The molecule has 2 aliphatic rings. The topological polar surface area (TPSA) is 17.4 Å². The van der Waals surface area contributed by atoms with Crippen molar-refractivity contribution in [1.82, 2.24) is 4.57 Å². The number of anilines is 3. The number of para-hydroxylation sites is 3. The van der Waals surface area contributed by atoms with E-state index < -0.39 is 0 Å². The molecule has 0 radical (unpaired) electrons. The van der Waals surface area contributed by atoms with Gasteiger partial charge in [0.25, 0.3) is 0 Å². The summed E-state index contributed by atoms with van der Waals surface area (Å²) >= 11 is 0. The van der Waals surface area contributed by atoms with Crippen LogP contribution in [-0.4, -0.2) is 4.57 Å². The third kappa shape index (κ3) is 7.82. The first kappa shape index (κ1) is 39.0. The van der Waals surface area contributed by atoms with Gasteiger partial charge in [-0.05, 0) is 175 Å². The van der Waals surface area contributed by atoms with Gasteiger partial charge in [-0.3, -0.25) is 0 Å². The van der Waals surface area contributed by atoms with Crippen LogP contribution in [0.15, 0.2) is 194 Å². The minimum atomic E-state index is 0.659. The van der Waals surface area contributed by atoms with E-state index in [0.717, 1.165) is 64.0 Å². The van der Waals surface area contributed by atoms with E-state index in [4.69, 9.17) is 4.74 Å². The molecule has 2 unspecified atom stereocenters. The number of hydrogen-bond donors (Lipinski definition) is 0. The predicted octanol–water partition coefficient (Wildman–Crippen LogP) is 16.7. The molecule has 9 aromatic rings. The summed E-state index contributed by atoms with van der Waals surface area (Å²) < 4.78 is 9.23. The minimum absolute atomic E-state index is 0.659. The zero-order chi connectivity index (χ0) is 42.3. The summed E-state index contributed by atoms with van der Waals surface area (Å²) in [5, 5.41) is 2.54. The van der Waals surface area contributed by atoms with Crippen LogP contribution in [0.5, 0.6) is 11.5 Å². The Bertz CT molecular complexity index is 2960. The van der Waals surface area contributed by atoms with Crippen LogP contribution < -0.4 is 9.64 Å². The highest BCUT2D eigenvalue weighted by molar-refractivity contribution is 6.09. The highest BCUT2D eigenvalue weighted by Gasteiger charge is 2.35. The van der Waals surface area contributed by atoms with Gasteiger partial charge < -0.3 is 14.2 Å². The predicted molar refractivity (Wildman–Crippen MR) is 264 cm³/mol. The molecule has 0 aliphatic heterocycles. The molecule has 2 saturated carbocycles. The van der Waals surface area contributed by atoms with Crippen LogP contribution in [0.4, 0.5) is 17.1 Å². The number of aryl methyl sites for hydroxylation is 1. The Morgan fingerprint density at radius 1 is 0.476 bits per heavy atom. The molecule has 3 nitrogen and oxygen atoms in total.